The summed E-state index contributed by atoms with van der Waals surface area (Å²) in [4.78, 5) is 30.3. The van der Waals surface area contributed by atoms with Crippen LogP contribution in [0.15, 0.2) is 53.5 Å². The lowest BCUT2D eigenvalue weighted by Crippen LogP contribution is -2.47. The third-order valence-corrected chi connectivity index (χ3v) is 4.68. The first kappa shape index (κ1) is 17.9. The minimum Gasteiger partial charge on any atom is -0.369 e. The molecule has 0 spiro atoms. The summed E-state index contributed by atoms with van der Waals surface area (Å²) in [5.74, 6) is -0.165. The molecule has 1 heterocycles. The monoisotopic (exact) mass is 370 g/mol. The molecule has 2 amide bonds. The van der Waals surface area contributed by atoms with Gasteiger partial charge in [0.15, 0.2) is 5.96 Å². The van der Waals surface area contributed by atoms with Gasteiger partial charge >= 0.3 is 0 Å². The average Bonchev–Trinajstić information content (AvgIpc) is 2.60. The summed E-state index contributed by atoms with van der Waals surface area (Å²) in [6.45, 7) is 1.85. The van der Waals surface area contributed by atoms with Crippen LogP contribution in [0.3, 0.4) is 0 Å². The van der Waals surface area contributed by atoms with Crippen LogP contribution in [0.2, 0.25) is 5.02 Å². The highest BCUT2D eigenvalue weighted by atomic mass is 35.5. The zero-order valence-corrected chi connectivity index (χ0v) is 15.2. The van der Waals surface area contributed by atoms with Crippen LogP contribution in [0.5, 0.6) is 0 Å². The second kappa shape index (κ2) is 6.80. The van der Waals surface area contributed by atoms with Crippen molar-refractivity contribution >= 4 is 35.1 Å². The molecule has 26 heavy (non-hydrogen) atoms. The third kappa shape index (κ3) is 3.55. The number of guanidine groups is 1. The van der Waals surface area contributed by atoms with Gasteiger partial charge in [-0.15, -0.1) is 0 Å². The highest BCUT2D eigenvalue weighted by Gasteiger charge is 2.36. The number of amides is 2. The second-order valence-corrected chi connectivity index (χ2v) is 6.85. The van der Waals surface area contributed by atoms with Crippen molar-refractivity contribution in [1.82, 2.24) is 4.90 Å². The maximum absolute atomic E-state index is 12.4. The van der Waals surface area contributed by atoms with Crippen LogP contribution < -0.4 is 11.1 Å². The minimum absolute atomic E-state index is 0.101. The van der Waals surface area contributed by atoms with Gasteiger partial charge in [0, 0.05) is 23.3 Å². The number of carbonyl (C=O) groups excluding carboxylic acids is 2. The van der Waals surface area contributed by atoms with Gasteiger partial charge in [-0.05, 0) is 48.9 Å². The smallest absolute Gasteiger partial charge is 0.255 e. The Bertz CT molecular complexity index is 895. The molecular formula is C19H19ClN4O2. The number of anilines is 1. The molecule has 3 rings (SSSR count). The Kier molecular flexibility index (Phi) is 4.70. The fourth-order valence-corrected chi connectivity index (χ4v) is 2.94. The topological polar surface area (TPSA) is 87.8 Å². The Labute approximate surface area is 156 Å². The van der Waals surface area contributed by atoms with E-state index in [1.165, 1.54) is 4.90 Å². The fourth-order valence-electron chi connectivity index (χ4n) is 2.81. The molecule has 3 N–H and O–H groups in total. The number of carbonyl (C=O) groups is 2. The van der Waals surface area contributed by atoms with E-state index in [1.54, 1.807) is 37.4 Å². The van der Waals surface area contributed by atoms with E-state index in [0.717, 1.165) is 5.56 Å². The highest BCUT2D eigenvalue weighted by Crippen LogP contribution is 2.34. The Hall–Kier alpha value is -2.86. The summed E-state index contributed by atoms with van der Waals surface area (Å²) < 4.78 is 0. The van der Waals surface area contributed by atoms with E-state index in [4.69, 9.17) is 17.3 Å². The van der Waals surface area contributed by atoms with E-state index in [-0.39, 0.29) is 24.2 Å². The van der Waals surface area contributed by atoms with Gasteiger partial charge in [-0.1, -0.05) is 23.7 Å². The third-order valence-electron chi connectivity index (χ3n) is 4.42. The molecular weight excluding hydrogens is 352 g/mol. The number of nitrogens with one attached hydrogen (secondary N) is 1. The summed E-state index contributed by atoms with van der Waals surface area (Å²) in [6, 6.07) is 13.9. The van der Waals surface area contributed by atoms with E-state index in [0.29, 0.717) is 16.3 Å². The first-order valence-corrected chi connectivity index (χ1v) is 8.46. The molecule has 0 bridgehead atoms. The summed E-state index contributed by atoms with van der Waals surface area (Å²) in [7, 11) is 1.60. The molecule has 0 saturated heterocycles. The van der Waals surface area contributed by atoms with Crippen molar-refractivity contribution in [2.24, 2.45) is 10.7 Å². The van der Waals surface area contributed by atoms with Crippen LogP contribution in [0.4, 0.5) is 5.69 Å². The van der Waals surface area contributed by atoms with Crippen molar-refractivity contribution in [3.63, 3.8) is 0 Å². The number of nitrogens with zero attached hydrogens (tertiary/aromatic N) is 2. The molecule has 0 aromatic heterocycles. The zero-order valence-electron chi connectivity index (χ0n) is 14.5. The van der Waals surface area contributed by atoms with E-state index in [1.807, 2.05) is 25.1 Å². The molecule has 7 heteroatoms. The number of halogens is 1. The van der Waals surface area contributed by atoms with Gasteiger partial charge < -0.3 is 11.1 Å². The molecule has 1 aliphatic rings. The number of benzene rings is 2. The van der Waals surface area contributed by atoms with Gasteiger partial charge in [-0.3, -0.25) is 14.5 Å². The molecule has 2 aromatic carbocycles. The van der Waals surface area contributed by atoms with E-state index in [2.05, 4.69) is 10.3 Å². The minimum atomic E-state index is -0.769. The fraction of sp³-hybridized carbons (Fsp3) is 0.211. The summed E-state index contributed by atoms with van der Waals surface area (Å²) in [5.41, 5.74) is 7.01. The van der Waals surface area contributed by atoms with Gasteiger partial charge in [0.25, 0.3) is 5.91 Å². The molecule has 0 unspecified atom stereocenters. The van der Waals surface area contributed by atoms with E-state index in [9.17, 15) is 9.59 Å². The van der Waals surface area contributed by atoms with Crippen LogP contribution in [0.25, 0.3) is 0 Å². The normalized spacial score (nSPS) is 19.9. The molecule has 0 fully saturated rings. The lowest BCUT2D eigenvalue weighted by atomic mass is 9.87. The average molecular weight is 371 g/mol. The standard InChI is InChI=1S/C19H19ClN4O2/c1-19(11-16(25)24(2)18(21)23-19)13-4-3-5-15(10-13)22-17(26)12-6-8-14(20)9-7-12/h3-10H,11H2,1-2H3,(H2,21,23)(H,22,26)/t19-/m0/s1. The zero-order chi connectivity index (χ0) is 18.9. The summed E-state index contributed by atoms with van der Waals surface area (Å²) in [5, 5.41) is 3.42. The van der Waals surface area contributed by atoms with E-state index < -0.39 is 5.54 Å². The van der Waals surface area contributed by atoms with Gasteiger partial charge in [0.1, 0.15) is 0 Å². The number of aliphatic imine (C=N–C) groups is 1. The quantitative estimate of drug-likeness (QED) is 0.870. The molecule has 1 aliphatic heterocycles. The summed E-state index contributed by atoms with van der Waals surface area (Å²) >= 11 is 5.85. The van der Waals surface area contributed by atoms with Gasteiger partial charge in [-0.2, -0.15) is 0 Å². The molecule has 0 aliphatic carbocycles. The SMILES string of the molecule is CN1C(=O)C[C@@](C)(c2cccc(NC(=O)c3ccc(Cl)cc3)c2)N=C1N. The maximum atomic E-state index is 12.4. The predicted octanol–water partition coefficient (Wildman–Crippen LogP) is 2.98. The Morgan fingerprint density at radius 3 is 2.62 bits per heavy atom. The van der Waals surface area contributed by atoms with Gasteiger partial charge in [-0.25, -0.2) is 4.99 Å². The van der Waals surface area contributed by atoms with Crippen molar-refractivity contribution in [2.75, 3.05) is 12.4 Å². The highest BCUT2D eigenvalue weighted by molar-refractivity contribution is 6.30. The van der Waals surface area contributed by atoms with Crippen molar-refractivity contribution < 1.29 is 9.59 Å². The lowest BCUT2D eigenvalue weighted by Gasteiger charge is -2.33. The Morgan fingerprint density at radius 2 is 1.96 bits per heavy atom. The van der Waals surface area contributed by atoms with Crippen molar-refractivity contribution in [2.45, 2.75) is 18.9 Å². The largest absolute Gasteiger partial charge is 0.369 e. The molecule has 134 valence electrons. The number of rotatable bonds is 3. The molecule has 2 aromatic rings. The van der Waals surface area contributed by atoms with Crippen LogP contribution in [0, 0.1) is 0 Å². The maximum Gasteiger partial charge on any atom is 0.255 e. The lowest BCUT2D eigenvalue weighted by molar-refractivity contribution is -0.128. The van der Waals surface area contributed by atoms with Crippen LogP contribution in [-0.4, -0.2) is 29.7 Å². The van der Waals surface area contributed by atoms with E-state index >= 15 is 0 Å². The van der Waals surface area contributed by atoms with Gasteiger partial charge in [0.05, 0.1) is 12.0 Å². The first-order valence-electron chi connectivity index (χ1n) is 8.08. The Balaban J connectivity index is 1.85. The summed E-state index contributed by atoms with van der Waals surface area (Å²) in [6.07, 6.45) is 0.207. The molecule has 6 nitrogen and oxygen atoms in total. The molecule has 1 atom stereocenters. The van der Waals surface area contributed by atoms with Crippen molar-refractivity contribution in [1.29, 1.82) is 0 Å². The number of hydrogen-bond donors (Lipinski definition) is 2. The van der Waals surface area contributed by atoms with Crippen molar-refractivity contribution in [3.8, 4) is 0 Å². The van der Waals surface area contributed by atoms with Crippen LogP contribution >= 0.6 is 11.6 Å². The van der Waals surface area contributed by atoms with Crippen LogP contribution in [-0.2, 0) is 10.3 Å². The number of hydrogen-bond acceptors (Lipinski definition) is 4. The molecule has 0 saturated carbocycles. The first-order chi connectivity index (χ1) is 12.3. The predicted molar refractivity (Wildman–Crippen MR) is 102 cm³/mol. The van der Waals surface area contributed by atoms with Crippen molar-refractivity contribution in [3.05, 3.63) is 64.7 Å². The number of nitrogens with two attached hydrogens (primary N) is 1. The van der Waals surface area contributed by atoms with Gasteiger partial charge in [0.2, 0.25) is 5.91 Å². The van der Waals surface area contributed by atoms with Crippen LogP contribution in [0.1, 0.15) is 29.3 Å². The molecule has 0 radical (unpaired) electrons. The Morgan fingerprint density at radius 1 is 1.27 bits per heavy atom. The second-order valence-electron chi connectivity index (χ2n) is 6.42.